The van der Waals surface area contributed by atoms with E-state index in [1.165, 1.54) is 5.56 Å². The number of benzene rings is 1. The van der Waals surface area contributed by atoms with E-state index < -0.39 is 5.97 Å². The molecule has 4 heterocycles. The van der Waals surface area contributed by atoms with Crippen LogP contribution in [0.4, 0.5) is 0 Å². The number of aromatic nitrogens is 2. The first-order chi connectivity index (χ1) is 16.4. The van der Waals surface area contributed by atoms with Crippen LogP contribution in [0.3, 0.4) is 0 Å². The van der Waals surface area contributed by atoms with Crippen molar-refractivity contribution in [2.75, 3.05) is 6.54 Å². The molecule has 1 aromatic carbocycles. The van der Waals surface area contributed by atoms with Crippen LogP contribution < -0.4 is 0 Å². The highest BCUT2D eigenvalue weighted by Gasteiger charge is 2.43. The number of carboxylic acids is 1. The third-order valence-corrected chi connectivity index (χ3v) is 7.68. The van der Waals surface area contributed by atoms with Crippen molar-refractivity contribution in [3.63, 3.8) is 0 Å². The minimum atomic E-state index is -0.756. The number of piperidine rings is 2. The quantitative estimate of drug-likeness (QED) is 0.734. The number of hydrogen-bond donors (Lipinski definition) is 1. The van der Waals surface area contributed by atoms with Crippen LogP contribution in [0.15, 0.2) is 30.3 Å². The van der Waals surface area contributed by atoms with Crippen LogP contribution in [0.5, 0.6) is 0 Å². The lowest BCUT2D eigenvalue weighted by Crippen LogP contribution is -2.55. The maximum Gasteiger partial charge on any atom is 0.306 e. The lowest BCUT2D eigenvalue weighted by atomic mass is 9.78. The molecule has 1 aromatic heterocycles. The summed E-state index contributed by atoms with van der Waals surface area (Å²) in [6, 6.07) is 10.0. The van der Waals surface area contributed by atoms with Crippen molar-refractivity contribution in [1.82, 2.24) is 19.6 Å². The summed E-state index contributed by atoms with van der Waals surface area (Å²) >= 11 is 0. The second kappa shape index (κ2) is 9.24. The second-order valence-corrected chi connectivity index (χ2v) is 10.0. The first-order valence-electron chi connectivity index (χ1n) is 12.3. The Labute approximate surface area is 199 Å². The zero-order valence-electron chi connectivity index (χ0n) is 19.7. The zero-order valence-corrected chi connectivity index (χ0v) is 19.7. The first-order valence-corrected chi connectivity index (χ1v) is 12.3. The fraction of sp³-hybridized carbons (Fsp3) is 0.538. The van der Waals surface area contributed by atoms with E-state index in [0.29, 0.717) is 51.0 Å². The van der Waals surface area contributed by atoms with Crippen LogP contribution in [0.2, 0.25) is 0 Å². The maximum absolute atomic E-state index is 13.4. The molecule has 0 saturated carbocycles. The molecule has 0 aliphatic carbocycles. The van der Waals surface area contributed by atoms with E-state index in [1.807, 2.05) is 20.5 Å². The fourth-order valence-corrected chi connectivity index (χ4v) is 5.79. The van der Waals surface area contributed by atoms with Gasteiger partial charge >= 0.3 is 5.97 Å². The van der Waals surface area contributed by atoms with Crippen LogP contribution in [0.25, 0.3) is 0 Å². The average molecular weight is 465 g/mol. The van der Waals surface area contributed by atoms with Crippen LogP contribution in [-0.4, -0.2) is 61.1 Å². The molecular formula is C26H32N4O4. The lowest BCUT2D eigenvalue weighted by Gasteiger charge is -2.47. The molecule has 2 saturated heterocycles. The van der Waals surface area contributed by atoms with Gasteiger partial charge in [0.1, 0.15) is 0 Å². The van der Waals surface area contributed by atoms with E-state index in [1.54, 1.807) is 0 Å². The number of aliphatic carboxylic acids is 1. The monoisotopic (exact) mass is 464 g/mol. The van der Waals surface area contributed by atoms with E-state index in [-0.39, 0.29) is 29.8 Å². The number of carboxylic acid groups (broad SMARTS) is 1. The standard InChI is InChI=1S/C26H32N4O4/c1-17-5-7-18(8-6-17)9-10-24(31)28-11-12-29-22(16-28)15-23(27-29)25(32)30-20-3-2-4-21(30)14-19(13-20)26(33)34/h5-8,15,19-21H,2-4,9-14,16H2,1H3,(H,33,34). The summed E-state index contributed by atoms with van der Waals surface area (Å²) in [6.07, 6.45) is 4.96. The van der Waals surface area contributed by atoms with E-state index in [4.69, 9.17) is 0 Å². The van der Waals surface area contributed by atoms with Crippen molar-refractivity contribution >= 4 is 17.8 Å². The summed E-state index contributed by atoms with van der Waals surface area (Å²) in [7, 11) is 0. The summed E-state index contributed by atoms with van der Waals surface area (Å²) in [5, 5.41) is 14.1. The molecule has 2 amide bonds. The van der Waals surface area contributed by atoms with Gasteiger partial charge in [0.2, 0.25) is 5.91 Å². The predicted octanol–water partition coefficient (Wildman–Crippen LogP) is 3.02. The Morgan fingerprint density at radius 3 is 2.44 bits per heavy atom. The minimum absolute atomic E-state index is 0.0281. The van der Waals surface area contributed by atoms with E-state index in [9.17, 15) is 19.5 Å². The number of fused-ring (bicyclic) bond motifs is 3. The first kappa shape index (κ1) is 22.6. The number of hydrogen-bond acceptors (Lipinski definition) is 4. The molecule has 2 atom stereocenters. The molecule has 0 spiro atoms. The SMILES string of the molecule is Cc1ccc(CCC(=O)N2CCn3nc(C(=O)N4C5CCCC4CC(C(=O)O)C5)cc3C2)cc1. The number of carbonyl (C=O) groups is 3. The third-order valence-electron chi connectivity index (χ3n) is 7.68. The van der Waals surface area contributed by atoms with Gasteiger partial charge in [-0.25, -0.2) is 0 Å². The van der Waals surface area contributed by atoms with Gasteiger partial charge in [0.15, 0.2) is 5.69 Å². The van der Waals surface area contributed by atoms with Gasteiger partial charge in [0.05, 0.1) is 24.7 Å². The Balaban J connectivity index is 1.23. The summed E-state index contributed by atoms with van der Waals surface area (Å²) in [5.74, 6) is -1.11. The number of nitrogens with zero attached hydrogens (tertiary/aromatic N) is 4. The van der Waals surface area contributed by atoms with Gasteiger partial charge in [-0.1, -0.05) is 29.8 Å². The smallest absolute Gasteiger partial charge is 0.306 e. The zero-order chi connectivity index (χ0) is 23.8. The van der Waals surface area contributed by atoms with Crippen molar-refractivity contribution in [3.8, 4) is 0 Å². The molecule has 0 radical (unpaired) electrons. The fourth-order valence-electron chi connectivity index (χ4n) is 5.79. The lowest BCUT2D eigenvalue weighted by molar-refractivity contribution is -0.145. The summed E-state index contributed by atoms with van der Waals surface area (Å²) in [5.41, 5.74) is 3.66. The van der Waals surface area contributed by atoms with Crippen molar-refractivity contribution in [2.45, 2.75) is 77.0 Å². The second-order valence-electron chi connectivity index (χ2n) is 10.0. The van der Waals surface area contributed by atoms with Gasteiger partial charge in [0.25, 0.3) is 5.91 Å². The van der Waals surface area contributed by atoms with Crippen LogP contribution in [-0.2, 0) is 29.1 Å². The Bertz CT molecular complexity index is 1080. The van der Waals surface area contributed by atoms with E-state index >= 15 is 0 Å². The third kappa shape index (κ3) is 4.45. The largest absolute Gasteiger partial charge is 0.481 e. The average Bonchev–Trinajstić information content (AvgIpc) is 3.25. The Morgan fingerprint density at radius 1 is 1.06 bits per heavy atom. The van der Waals surface area contributed by atoms with Gasteiger partial charge in [-0.3, -0.25) is 19.1 Å². The highest BCUT2D eigenvalue weighted by molar-refractivity contribution is 5.93. The predicted molar refractivity (Wildman–Crippen MR) is 125 cm³/mol. The molecule has 2 aromatic rings. The van der Waals surface area contributed by atoms with Crippen molar-refractivity contribution in [1.29, 1.82) is 0 Å². The number of rotatable bonds is 5. The molecule has 2 fully saturated rings. The number of aryl methyl sites for hydroxylation is 2. The Hall–Kier alpha value is -3.16. The van der Waals surface area contributed by atoms with Crippen molar-refractivity contribution in [3.05, 3.63) is 52.8 Å². The maximum atomic E-state index is 13.4. The summed E-state index contributed by atoms with van der Waals surface area (Å²) in [6.45, 7) is 3.67. The van der Waals surface area contributed by atoms with Crippen molar-refractivity contribution in [2.24, 2.45) is 5.92 Å². The molecule has 3 aliphatic rings. The highest BCUT2D eigenvalue weighted by Crippen LogP contribution is 2.38. The van der Waals surface area contributed by atoms with Gasteiger partial charge < -0.3 is 14.9 Å². The number of carbonyl (C=O) groups excluding carboxylic acids is 2. The molecule has 2 unspecified atom stereocenters. The Morgan fingerprint density at radius 2 is 1.76 bits per heavy atom. The van der Waals surface area contributed by atoms with Gasteiger partial charge in [-0.05, 0) is 57.1 Å². The van der Waals surface area contributed by atoms with E-state index in [2.05, 4.69) is 36.3 Å². The molecule has 1 N–H and O–H groups in total. The van der Waals surface area contributed by atoms with Gasteiger partial charge in [-0.2, -0.15) is 5.10 Å². The van der Waals surface area contributed by atoms with Crippen LogP contribution in [0, 0.1) is 12.8 Å². The van der Waals surface area contributed by atoms with Crippen LogP contribution in [0.1, 0.15) is 65.8 Å². The summed E-state index contributed by atoms with van der Waals surface area (Å²) < 4.78 is 1.84. The number of amides is 2. The van der Waals surface area contributed by atoms with Gasteiger partial charge in [0, 0.05) is 25.0 Å². The molecule has 8 heteroatoms. The van der Waals surface area contributed by atoms with E-state index in [0.717, 1.165) is 30.5 Å². The molecule has 34 heavy (non-hydrogen) atoms. The molecule has 3 aliphatic heterocycles. The molecule has 2 bridgehead atoms. The molecule has 8 nitrogen and oxygen atoms in total. The molecule has 5 rings (SSSR count). The van der Waals surface area contributed by atoms with Gasteiger partial charge in [-0.15, -0.1) is 0 Å². The minimum Gasteiger partial charge on any atom is -0.481 e. The Kier molecular flexibility index (Phi) is 6.15. The topological polar surface area (TPSA) is 95.7 Å². The van der Waals surface area contributed by atoms with Crippen molar-refractivity contribution < 1.29 is 19.5 Å². The summed E-state index contributed by atoms with van der Waals surface area (Å²) in [4.78, 5) is 41.6. The molecular weight excluding hydrogens is 432 g/mol. The van der Waals surface area contributed by atoms with Crippen LogP contribution >= 0.6 is 0 Å². The highest BCUT2D eigenvalue weighted by atomic mass is 16.4. The normalized spacial score (nSPS) is 24.0. The molecule has 180 valence electrons.